The summed E-state index contributed by atoms with van der Waals surface area (Å²) in [6, 6.07) is 7.50. The molecule has 0 radical (unpaired) electrons. The van der Waals surface area contributed by atoms with Crippen LogP contribution < -0.4 is 9.62 Å². The van der Waals surface area contributed by atoms with E-state index in [2.05, 4.69) is 26.1 Å². The molecule has 1 aromatic carbocycles. The van der Waals surface area contributed by atoms with Gasteiger partial charge in [-0.3, -0.25) is 9.10 Å². The lowest BCUT2D eigenvalue weighted by molar-refractivity contribution is -0.121. The molecule has 0 fully saturated rings. The predicted octanol–water partition coefficient (Wildman–Crippen LogP) is 2.67. The number of amides is 1. The highest BCUT2D eigenvalue weighted by Gasteiger charge is 2.25. The third-order valence-corrected chi connectivity index (χ3v) is 4.68. The first kappa shape index (κ1) is 19.5. The lowest BCUT2D eigenvalue weighted by atomic mass is 9.86. The molecule has 6 heteroatoms. The van der Waals surface area contributed by atoms with Crippen molar-refractivity contribution >= 4 is 21.6 Å². The standard InChI is InChI=1S/C17H28N2O3S/c1-6-9-16(20)18-12-13-19(23(5,21)22)15-11-8-7-10-14(15)17(2,3)4/h7-8,10-11H,6,9,12-13H2,1-5H3,(H,18,20). The minimum atomic E-state index is -3.43. The zero-order valence-corrected chi connectivity index (χ0v) is 15.5. The largest absolute Gasteiger partial charge is 0.354 e. The summed E-state index contributed by atoms with van der Waals surface area (Å²) in [6.45, 7) is 8.60. The minimum absolute atomic E-state index is 0.0509. The summed E-state index contributed by atoms with van der Waals surface area (Å²) in [5.41, 5.74) is 1.46. The van der Waals surface area contributed by atoms with Gasteiger partial charge >= 0.3 is 0 Å². The highest BCUT2D eigenvalue weighted by Crippen LogP contribution is 2.32. The molecule has 130 valence electrons. The van der Waals surface area contributed by atoms with Crippen LogP contribution in [0.2, 0.25) is 0 Å². The van der Waals surface area contributed by atoms with Crippen LogP contribution in [0.3, 0.4) is 0 Å². The van der Waals surface area contributed by atoms with Crippen LogP contribution in [0.25, 0.3) is 0 Å². The Hall–Kier alpha value is -1.56. The van der Waals surface area contributed by atoms with Gasteiger partial charge in [0.15, 0.2) is 0 Å². The van der Waals surface area contributed by atoms with Crippen molar-refractivity contribution in [3.8, 4) is 0 Å². The SMILES string of the molecule is CCCC(=O)NCCN(c1ccccc1C(C)(C)C)S(C)(=O)=O. The van der Waals surface area contributed by atoms with Crippen LogP contribution in [-0.2, 0) is 20.2 Å². The first-order chi connectivity index (χ1) is 10.6. The number of carbonyl (C=O) groups excluding carboxylic acids is 1. The first-order valence-corrected chi connectivity index (χ1v) is 9.76. The first-order valence-electron chi connectivity index (χ1n) is 7.91. The van der Waals surface area contributed by atoms with Crippen molar-refractivity contribution in [3.63, 3.8) is 0 Å². The van der Waals surface area contributed by atoms with Gasteiger partial charge in [-0.25, -0.2) is 8.42 Å². The van der Waals surface area contributed by atoms with Crippen molar-refractivity contribution in [1.82, 2.24) is 5.32 Å². The highest BCUT2D eigenvalue weighted by atomic mass is 32.2. The van der Waals surface area contributed by atoms with E-state index in [1.807, 2.05) is 31.2 Å². The van der Waals surface area contributed by atoms with Crippen molar-refractivity contribution in [1.29, 1.82) is 0 Å². The maximum Gasteiger partial charge on any atom is 0.232 e. The van der Waals surface area contributed by atoms with Crippen LogP contribution in [0.15, 0.2) is 24.3 Å². The molecule has 0 saturated heterocycles. The van der Waals surface area contributed by atoms with E-state index >= 15 is 0 Å². The molecule has 0 aliphatic rings. The Kier molecular flexibility index (Phi) is 6.62. The maximum absolute atomic E-state index is 12.2. The average Bonchev–Trinajstić information content (AvgIpc) is 2.41. The van der Waals surface area contributed by atoms with Crippen LogP contribution in [0.1, 0.15) is 46.1 Å². The number of para-hydroxylation sites is 1. The van der Waals surface area contributed by atoms with Crippen molar-refractivity contribution in [2.24, 2.45) is 0 Å². The van der Waals surface area contributed by atoms with Crippen LogP contribution in [0.4, 0.5) is 5.69 Å². The molecule has 0 heterocycles. The number of hydrogen-bond acceptors (Lipinski definition) is 3. The molecule has 1 aromatic rings. The van der Waals surface area contributed by atoms with Crippen molar-refractivity contribution in [2.75, 3.05) is 23.7 Å². The van der Waals surface area contributed by atoms with Crippen LogP contribution in [-0.4, -0.2) is 33.7 Å². The topological polar surface area (TPSA) is 66.5 Å². The second-order valence-corrected chi connectivity index (χ2v) is 8.61. The van der Waals surface area contributed by atoms with Crippen molar-refractivity contribution in [2.45, 2.75) is 46.0 Å². The molecule has 23 heavy (non-hydrogen) atoms. The fourth-order valence-corrected chi connectivity index (χ4v) is 3.34. The van der Waals surface area contributed by atoms with E-state index in [0.29, 0.717) is 18.7 Å². The third-order valence-electron chi connectivity index (χ3n) is 3.50. The Morgan fingerprint density at radius 3 is 2.35 bits per heavy atom. The van der Waals surface area contributed by atoms with Crippen LogP contribution in [0, 0.1) is 0 Å². The number of anilines is 1. The lowest BCUT2D eigenvalue weighted by Crippen LogP contribution is -2.39. The van der Waals surface area contributed by atoms with Crippen molar-refractivity contribution < 1.29 is 13.2 Å². The summed E-state index contributed by atoms with van der Waals surface area (Å²) >= 11 is 0. The molecule has 0 saturated carbocycles. The van der Waals surface area contributed by atoms with Gasteiger partial charge in [-0.1, -0.05) is 45.9 Å². The maximum atomic E-state index is 12.2. The fraction of sp³-hybridized carbons (Fsp3) is 0.588. The third kappa shape index (κ3) is 5.86. The van der Waals surface area contributed by atoms with E-state index in [1.54, 1.807) is 0 Å². The monoisotopic (exact) mass is 340 g/mol. The molecule has 1 N–H and O–H groups in total. The van der Waals surface area contributed by atoms with E-state index in [9.17, 15) is 13.2 Å². The fourth-order valence-electron chi connectivity index (χ4n) is 2.40. The Bertz CT molecular complexity index is 633. The van der Waals surface area contributed by atoms with E-state index < -0.39 is 10.0 Å². The molecule has 1 amide bonds. The predicted molar refractivity (Wildman–Crippen MR) is 95.2 cm³/mol. The van der Waals surface area contributed by atoms with Crippen molar-refractivity contribution in [3.05, 3.63) is 29.8 Å². The zero-order valence-electron chi connectivity index (χ0n) is 14.7. The molecular weight excluding hydrogens is 312 g/mol. The van der Waals surface area contributed by atoms with Gasteiger partial charge in [-0.05, 0) is 23.5 Å². The molecule has 5 nitrogen and oxygen atoms in total. The van der Waals surface area contributed by atoms with E-state index in [4.69, 9.17) is 0 Å². The number of nitrogens with zero attached hydrogens (tertiary/aromatic N) is 1. The van der Waals surface area contributed by atoms with Gasteiger partial charge < -0.3 is 5.32 Å². The van der Waals surface area contributed by atoms with Gasteiger partial charge in [0.1, 0.15) is 0 Å². The Labute approximate surface area is 140 Å². The second-order valence-electron chi connectivity index (χ2n) is 6.70. The molecule has 1 rings (SSSR count). The Balaban J connectivity index is 3.04. The number of carbonyl (C=O) groups is 1. The molecule has 0 unspecified atom stereocenters. The average molecular weight is 340 g/mol. The van der Waals surface area contributed by atoms with Crippen LogP contribution in [0.5, 0.6) is 0 Å². The Morgan fingerprint density at radius 2 is 1.83 bits per heavy atom. The summed E-state index contributed by atoms with van der Waals surface area (Å²) in [5, 5.41) is 2.77. The molecule has 0 aliphatic heterocycles. The summed E-state index contributed by atoms with van der Waals surface area (Å²) in [6.07, 6.45) is 2.42. The van der Waals surface area contributed by atoms with Gasteiger partial charge in [0, 0.05) is 13.0 Å². The zero-order chi connectivity index (χ0) is 17.7. The van der Waals surface area contributed by atoms with Gasteiger partial charge in [0.05, 0.1) is 18.5 Å². The lowest BCUT2D eigenvalue weighted by Gasteiger charge is -2.30. The molecule has 0 aromatic heterocycles. The molecule has 0 aliphatic carbocycles. The quantitative estimate of drug-likeness (QED) is 0.830. The van der Waals surface area contributed by atoms with Gasteiger partial charge in [0.2, 0.25) is 15.9 Å². The molecule has 0 atom stereocenters. The number of nitrogens with one attached hydrogen (secondary N) is 1. The number of benzene rings is 1. The summed E-state index contributed by atoms with van der Waals surface area (Å²) in [7, 11) is -3.43. The number of hydrogen-bond donors (Lipinski definition) is 1. The molecule has 0 bridgehead atoms. The van der Waals surface area contributed by atoms with E-state index in [0.717, 1.165) is 12.0 Å². The van der Waals surface area contributed by atoms with Gasteiger partial charge in [-0.15, -0.1) is 0 Å². The van der Waals surface area contributed by atoms with E-state index in [-0.39, 0.29) is 17.9 Å². The molecule has 0 spiro atoms. The second kappa shape index (κ2) is 7.81. The van der Waals surface area contributed by atoms with Gasteiger partial charge in [0.25, 0.3) is 0 Å². The summed E-state index contributed by atoms with van der Waals surface area (Å²) < 4.78 is 25.8. The van der Waals surface area contributed by atoms with E-state index in [1.165, 1.54) is 10.6 Å². The summed E-state index contributed by atoms with van der Waals surface area (Å²) in [5.74, 6) is -0.0509. The molecular formula is C17H28N2O3S. The smallest absolute Gasteiger partial charge is 0.232 e. The normalized spacial score (nSPS) is 12.0. The minimum Gasteiger partial charge on any atom is -0.354 e. The van der Waals surface area contributed by atoms with Crippen LogP contribution >= 0.6 is 0 Å². The Morgan fingerprint density at radius 1 is 1.22 bits per heavy atom. The highest BCUT2D eigenvalue weighted by molar-refractivity contribution is 7.92. The van der Waals surface area contributed by atoms with Gasteiger partial charge in [-0.2, -0.15) is 0 Å². The number of rotatable bonds is 7. The summed E-state index contributed by atoms with van der Waals surface area (Å²) in [4.78, 5) is 11.6. The number of sulfonamides is 1.